The highest BCUT2D eigenvalue weighted by Crippen LogP contribution is 1.89. The Morgan fingerprint density at radius 1 is 1.56 bits per heavy atom. The van der Waals surface area contributed by atoms with Crippen molar-refractivity contribution in [2.24, 2.45) is 10.3 Å². The van der Waals surface area contributed by atoms with E-state index in [4.69, 9.17) is 10.4 Å². The second-order valence-electron chi connectivity index (χ2n) is 1.27. The van der Waals surface area contributed by atoms with Gasteiger partial charge < -0.3 is 10.4 Å². The molecule has 0 rings (SSSR count). The Bertz CT molecular complexity index is 124. The minimum atomic E-state index is 0.342. The Balaban J connectivity index is 3.70. The zero-order chi connectivity index (χ0) is 7.11. The molecule has 0 aliphatic heterocycles. The normalized spacial score (nSPS) is 12.8. The maximum atomic E-state index is 8.15. The Labute approximate surface area is 61.0 Å². The summed E-state index contributed by atoms with van der Waals surface area (Å²) < 4.78 is 0. The van der Waals surface area contributed by atoms with Crippen molar-refractivity contribution < 1.29 is 10.4 Å². The van der Waals surface area contributed by atoms with Gasteiger partial charge in [0.2, 0.25) is 0 Å². The van der Waals surface area contributed by atoms with Crippen LogP contribution in [0.1, 0.15) is 6.42 Å². The lowest BCUT2D eigenvalue weighted by atomic mass is 10.3. The fraction of sp³-hybridized carbons (Fsp3) is 0.500. The van der Waals surface area contributed by atoms with Crippen LogP contribution in [0.2, 0.25) is 0 Å². The minimum Gasteiger partial charge on any atom is -0.411 e. The van der Waals surface area contributed by atoms with E-state index in [0.29, 0.717) is 17.5 Å². The molecule has 0 atom stereocenters. The molecule has 0 saturated heterocycles. The summed E-state index contributed by atoms with van der Waals surface area (Å²) in [5.41, 5.74) is 0.342. The standard InChI is InChI=1S/C4H7BrN2O2/c5-2-1-4(7-9)3-6-8/h3,8-9H,1-2H2. The van der Waals surface area contributed by atoms with Gasteiger partial charge in [-0.3, -0.25) is 0 Å². The monoisotopic (exact) mass is 194 g/mol. The molecule has 4 nitrogen and oxygen atoms in total. The first-order chi connectivity index (χ1) is 4.35. The van der Waals surface area contributed by atoms with E-state index in [2.05, 4.69) is 26.2 Å². The van der Waals surface area contributed by atoms with Gasteiger partial charge in [0.25, 0.3) is 0 Å². The molecule has 5 heteroatoms. The van der Waals surface area contributed by atoms with E-state index >= 15 is 0 Å². The molecule has 52 valence electrons. The molecular weight excluding hydrogens is 188 g/mol. The molecule has 0 aliphatic carbocycles. The quantitative estimate of drug-likeness (QED) is 0.306. The van der Waals surface area contributed by atoms with Crippen LogP contribution in [-0.2, 0) is 0 Å². The van der Waals surface area contributed by atoms with Crippen molar-refractivity contribution in [1.82, 2.24) is 0 Å². The number of nitrogens with zero attached hydrogens (tertiary/aromatic N) is 2. The lowest BCUT2D eigenvalue weighted by molar-refractivity contribution is 0.315. The molecule has 0 amide bonds. The van der Waals surface area contributed by atoms with E-state index in [1.54, 1.807) is 0 Å². The van der Waals surface area contributed by atoms with Crippen molar-refractivity contribution >= 4 is 27.9 Å². The van der Waals surface area contributed by atoms with E-state index < -0.39 is 0 Å². The largest absolute Gasteiger partial charge is 0.411 e. The first-order valence-corrected chi connectivity index (χ1v) is 3.41. The molecule has 0 saturated carbocycles. The molecular formula is C4H7BrN2O2. The summed E-state index contributed by atoms with van der Waals surface area (Å²) in [4.78, 5) is 0. The van der Waals surface area contributed by atoms with Crippen molar-refractivity contribution in [3.63, 3.8) is 0 Å². The van der Waals surface area contributed by atoms with E-state index in [9.17, 15) is 0 Å². The fourth-order valence-corrected chi connectivity index (χ4v) is 0.710. The summed E-state index contributed by atoms with van der Waals surface area (Å²) in [6.07, 6.45) is 1.63. The lowest BCUT2D eigenvalue weighted by Gasteiger charge is -1.88. The van der Waals surface area contributed by atoms with E-state index in [0.717, 1.165) is 6.21 Å². The summed E-state index contributed by atoms with van der Waals surface area (Å²) >= 11 is 3.13. The average Bonchev–Trinajstić information content (AvgIpc) is 1.88. The van der Waals surface area contributed by atoms with Crippen LogP contribution in [0.5, 0.6) is 0 Å². The molecule has 0 aromatic heterocycles. The molecule has 0 unspecified atom stereocenters. The number of halogens is 1. The number of rotatable bonds is 3. The van der Waals surface area contributed by atoms with Gasteiger partial charge in [-0.05, 0) is 0 Å². The van der Waals surface area contributed by atoms with E-state index in [1.807, 2.05) is 0 Å². The van der Waals surface area contributed by atoms with Gasteiger partial charge in [0.1, 0.15) is 5.71 Å². The molecule has 0 fully saturated rings. The Kier molecular flexibility index (Phi) is 5.20. The summed E-state index contributed by atoms with van der Waals surface area (Å²) in [5, 5.41) is 22.3. The van der Waals surface area contributed by atoms with E-state index in [1.165, 1.54) is 0 Å². The highest BCUT2D eigenvalue weighted by molar-refractivity contribution is 9.09. The molecule has 0 radical (unpaired) electrons. The van der Waals surface area contributed by atoms with Crippen LogP contribution in [0.3, 0.4) is 0 Å². The van der Waals surface area contributed by atoms with E-state index in [-0.39, 0.29) is 0 Å². The van der Waals surface area contributed by atoms with Gasteiger partial charge in [-0.15, -0.1) is 0 Å². The SMILES string of the molecule is ON=CC(CCBr)=NO. The van der Waals surface area contributed by atoms with Crippen LogP contribution in [0, 0.1) is 0 Å². The smallest absolute Gasteiger partial charge is 0.102 e. The van der Waals surface area contributed by atoms with Gasteiger partial charge in [-0.25, -0.2) is 0 Å². The molecule has 0 aromatic rings. The second-order valence-corrected chi connectivity index (χ2v) is 2.07. The molecule has 2 N–H and O–H groups in total. The third-order valence-electron chi connectivity index (χ3n) is 0.686. The van der Waals surface area contributed by atoms with Crippen LogP contribution in [-0.4, -0.2) is 27.7 Å². The van der Waals surface area contributed by atoms with Gasteiger partial charge in [-0.1, -0.05) is 26.2 Å². The van der Waals surface area contributed by atoms with Crippen LogP contribution < -0.4 is 0 Å². The highest BCUT2D eigenvalue weighted by atomic mass is 79.9. The predicted octanol–water partition coefficient (Wildman–Crippen LogP) is 1.06. The summed E-state index contributed by atoms with van der Waals surface area (Å²) in [7, 11) is 0. The van der Waals surface area contributed by atoms with Crippen molar-refractivity contribution in [2.75, 3.05) is 5.33 Å². The third-order valence-corrected chi connectivity index (χ3v) is 1.08. The van der Waals surface area contributed by atoms with Gasteiger partial charge in [0.05, 0.1) is 6.21 Å². The van der Waals surface area contributed by atoms with Crippen LogP contribution >= 0.6 is 15.9 Å². The molecule has 9 heavy (non-hydrogen) atoms. The topological polar surface area (TPSA) is 65.2 Å². The zero-order valence-corrected chi connectivity index (χ0v) is 6.24. The number of alkyl halides is 1. The predicted molar refractivity (Wildman–Crippen MR) is 37.9 cm³/mol. The average molecular weight is 195 g/mol. The summed E-state index contributed by atoms with van der Waals surface area (Å²) in [6.45, 7) is 0. The number of oxime groups is 2. The minimum absolute atomic E-state index is 0.342. The van der Waals surface area contributed by atoms with Gasteiger partial charge in [-0.2, -0.15) is 0 Å². The zero-order valence-electron chi connectivity index (χ0n) is 4.66. The molecule has 0 aliphatic rings. The van der Waals surface area contributed by atoms with Gasteiger partial charge in [0.15, 0.2) is 0 Å². The first kappa shape index (κ1) is 8.42. The maximum Gasteiger partial charge on any atom is 0.102 e. The van der Waals surface area contributed by atoms with Crippen LogP contribution in [0.4, 0.5) is 0 Å². The third kappa shape index (κ3) is 3.96. The second kappa shape index (κ2) is 5.55. The summed E-state index contributed by atoms with van der Waals surface area (Å²) in [6, 6.07) is 0. The molecule has 0 spiro atoms. The maximum absolute atomic E-state index is 8.15. The van der Waals surface area contributed by atoms with Crippen LogP contribution in [0.15, 0.2) is 10.3 Å². The highest BCUT2D eigenvalue weighted by Gasteiger charge is 1.92. The van der Waals surface area contributed by atoms with Crippen LogP contribution in [0.25, 0.3) is 0 Å². The Morgan fingerprint density at radius 2 is 2.22 bits per heavy atom. The van der Waals surface area contributed by atoms with Crippen molar-refractivity contribution in [3.05, 3.63) is 0 Å². The van der Waals surface area contributed by atoms with Crippen molar-refractivity contribution in [3.8, 4) is 0 Å². The Hall–Kier alpha value is -0.580. The van der Waals surface area contributed by atoms with Crippen molar-refractivity contribution in [2.45, 2.75) is 6.42 Å². The van der Waals surface area contributed by atoms with Gasteiger partial charge >= 0.3 is 0 Å². The lowest BCUT2D eigenvalue weighted by Crippen LogP contribution is -1.99. The first-order valence-electron chi connectivity index (χ1n) is 2.29. The Morgan fingerprint density at radius 3 is 2.56 bits per heavy atom. The number of hydrogen-bond donors (Lipinski definition) is 2. The molecule has 0 heterocycles. The van der Waals surface area contributed by atoms with Crippen molar-refractivity contribution in [1.29, 1.82) is 0 Å². The fourth-order valence-electron chi connectivity index (χ4n) is 0.304. The number of hydrogen-bond acceptors (Lipinski definition) is 4. The summed E-state index contributed by atoms with van der Waals surface area (Å²) in [5.74, 6) is 0. The molecule has 0 bridgehead atoms. The van der Waals surface area contributed by atoms with Gasteiger partial charge in [0, 0.05) is 11.8 Å². The molecule has 0 aromatic carbocycles.